The van der Waals surface area contributed by atoms with Crippen LogP contribution in [-0.4, -0.2) is 54.2 Å². The number of carbonyl (C=O) groups is 1. The molecule has 0 aromatic heterocycles. The number of aliphatic hydroxyl groups is 1. The predicted octanol–water partition coefficient (Wildman–Crippen LogP) is 0.827. The van der Waals surface area contributed by atoms with Crippen molar-refractivity contribution in [3.8, 4) is 0 Å². The fourth-order valence-corrected chi connectivity index (χ4v) is 2.13. The summed E-state index contributed by atoms with van der Waals surface area (Å²) in [6.07, 6.45) is 2.84. The Hall–Kier alpha value is -0.450. The molecule has 0 spiro atoms. The lowest BCUT2D eigenvalue weighted by atomic mass is 10.1. The Labute approximate surface area is 97.6 Å². The number of morpholine rings is 1. The zero-order valence-electron chi connectivity index (χ0n) is 10.3. The highest BCUT2D eigenvalue weighted by molar-refractivity contribution is 5.75. The Balaban J connectivity index is 2.18. The van der Waals surface area contributed by atoms with Crippen LogP contribution in [0.25, 0.3) is 0 Å². The molecule has 1 rings (SSSR count). The molecule has 16 heavy (non-hydrogen) atoms. The molecule has 0 bridgehead atoms. The SMILES string of the molecule is CC(=O)CCCCN1CC(C)OC(CO)C1. The van der Waals surface area contributed by atoms with E-state index in [4.69, 9.17) is 9.84 Å². The van der Waals surface area contributed by atoms with Crippen molar-refractivity contribution in [3.63, 3.8) is 0 Å². The number of nitrogens with zero attached hydrogens (tertiary/aromatic N) is 1. The van der Waals surface area contributed by atoms with Crippen molar-refractivity contribution < 1.29 is 14.6 Å². The second-order valence-corrected chi connectivity index (χ2v) is 4.67. The lowest BCUT2D eigenvalue weighted by Crippen LogP contribution is -2.48. The van der Waals surface area contributed by atoms with Gasteiger partial charge < -0.3 is 14.6 Å². The summed E-state index contributed by atoms with van der Waals surface area (Å²) < 4.78 is 5.56. The monoisotopic (exact) mass is 229 g/mol. The molecular weight excluding hydrogens is 206 g/mol. The van der Waals surface area contributed by atoms with Gasteiger partial charge >= 0.3 is 0 Å². The van der Waals surface area contributed by atoms with Gasteiger partial charge in [-0.15, -0.1) is 0 Å². The van der Waals surface area contributed by atoms with Crippen molar-refractivity contribution in [2.24, 2.45) is 0 Å². The van der Waals surface area contributed by atoms with E-state index >= 15 is 0 Å². The molecule has 0 amide bonds. The third-order valence-electron chi connectivity index (χ3n) is 2.86. The van der Waals surface area contributed by atoms with Gasteiger partial charge in [0.05, 0.1) is 18.8 Å². The first-order valence-electron chi connectivity index (χ1n) is 6.10. The lowest BCUT2D eigenvalue weighted by Gasteiger charge is -2.36. The van der Waals surface area contributed by atoms with Crippen LogP contribution in [0.15, 0.2) is 0 Å². The van der Waals surface area contributed by atoms with E-state index in [9.17, 15) is 4.79 Å². The lowest BCUT2D eigenvalue weighted by molar-refractivity contribution is -0.117. The Kier molecular flexibility index (Phi) is 5.95. The van der Waals surface area contributed by atoms with E-state index in [0.29, 0.717) is 6.42 Å². The van der Waals surface area contributed by atoms with Crippen LogP contribution >= 0.6 is 0 Å². The number of hydrogen-bond donors (Lipinski definition) is 1. The zero-order valence-corrected chi connectivity index (χ0v) is 10.3. The van der Waals surface area contributed by atoms with Gasteiger partial charge in [-0.3, -0.25) is 4.90 Å². The number of hydrogen-bond acceptors (Lipinski definition) is 4. The first-order valence-corrected chi connectivity index (χ1v) is 6.10. The molecule has 2 unspecified atom stereocenters. The van der Waals surface area contributed by atoms with Crippen molar-refractivity contribution in [3.05, 3.63) is 0 Å². The third-order valence-corrected chi connectivity index (χ3v) is 2.86. The fraction of sp³-hybridized carbons (Fsp3) is 0.917. The van der Waals surface area contributed by atoms with Crippen LogP contribution in [-0.2, 0) is 9.53 Å². The van der Waals surface area contributed by atoms with E-state index in [1.807, 2.05) is 6.92 Å². The van der Waals surface area contributed by atoms with Crippen LogP contribution in [0.3, 0.4) is 0 Å². The minimum atomic E-state index is -0.0449. The maximum Gasteiger partial charge on any atom is 0.129 e. The Morgan fingerprint density at radius 3 is 2.81 bits per heavy atom. The zero-order chi connectivity index (χ0) is 12.0. The minimum absolute atomic E-state index is 0.0449. The van der Waals surface area contributed by atoms with Crippen LogP contribution in [0.4, 0.5) is 0 Å². The highest BCUT2D eigenvalue weighted by Crippen LogP contribution is 2.11. The second-order valence-electron chi connectivity index (χ2n) is 4.67. The highest BCUT2D eigenvalue weighted by atomic mass is 16.5. The molecule has 1 saturated heterocycles. The average Bonchev–Trinajstić information content (AvgIpc) is 2.23. The molecule has 1 N–H and O–H groups in total. The molecule has 1 fully saturated rings. The van der Waals surface area contributed by atoms with Crippen LogP contribution in [0.2, 0.25) is 0 Å². The number of carbonyl (C=O) groups excluding carboxylic acids is 1. The van der Waals surface area contributed by atoms with Gasteiger partial charge in [0.2, 0.25) is 0 Å². The van der Waals surface area contributed by atoms with E-state index in [-0.39, 0.29) is 24.6 Å². The summed E-state index contributed by atoms with van der Waals surface area (Å²) in [5.74, 6) is 0.267. The number of rotatable bonds is 6. The van der Waals surface area contributed by atoms with Crippen molar-refractivity contribution in [1.29, 1.82) is 0 Å². The number of Topliss-reactive ketones (excluding diaryl/α,β-unsaturated/α-hetero) is 1. The number of ether oxygens (including phenoxy) is 1. The molecular formula is C12H23NO3. The summed E-state index contributed by atoms with van der Waals surface area (Å²) in [5.41, 5.74) is 0. The quantitative estimate of drug-likeness (QED) is 0.685. The summed E-state index contributed by atoms with van der Waals surface area (Å²) in [6, 6.07) is 0. The van der Waals surface area contributed by atoms with Crippen LogP contribution in [0.5, 0.6) is 0 Å². The molecule has 0 radical (unpaired) electrons. The molecule has 0 aliphatic carbocycles. The molecule has 4 nitrogen and oxygen atoms in total. The summed E-state index contributed by atoms with van der Waals surface area (Å²) in [5, 5.41) is 9.07. The predicted molar refractivity (Wildman–Crippen MR) is 62.4 cm³/mol. The van der Waals surface area contributed by atoms with E-state index in [2.05, 4.69) is 4.90 Å². The maximum absolute atomic E-state index is 10.8. The van der Waals surface area contributed by atoms with Crippen molar-refractivity contribution in [1.82, 2.24) is 4.90 Å². The first-order chi connectivity index (χ1) is 7.61. The van der Waals surface area contributed by atoms with E-state index in [1.165, 1.54) is 0 Å². The van der Waals surface area contributed by atoms with Crippen LogP contribution < -0.4 is 0 Å². The van der Waals surface area contributed by atoms with Crippen molar-refractivity contribution >= 4 is 5.78 Å². The van der Waals surface area contributed by atoms with Crippen molar-refractivity contribution in [2.45, 2.75) is 45.3 Å². The highest BCUT2D eigenvalue weighted by Gasteiger charge is 2.23. The molecule has 1 heterocycles. The second kappa shape index (κ2) is 6.99. The molecule has 0 saturated carbocycles. The number of ketones is 1. The van der Waals surface area contributed by atoms with Gasteiger partial charge in [0.1, 0.15) is 5.78 Å². The molecule has 0 aromatic rings. The Morgan fingerprint density at radius 2 is 2.19 bits per heavy atom. The topological polar surface area (TPSA) is 49.8 Å². The largest absolute Gasteiger partial charge is 0.394 e. The maximum atomic E-state index is 10.8. The van der Waals surface area contributed by atoms with Gasteiger partial charge in [-0.25, -0.2) is 0 Å². The molecule has 4 heteroatoms. The summed E-state index contributed by atoms with van der Waals surface area (Å²) >= 11 is 0. The molecule has 0 aromatic carbocycles. The van der Waals surface area contributed by atoms with Gasteiger partial charge in [-0.2, -0.15) is 0 Å². The van der Waals surface area contributed by atoms with Gasteiger partial charge in [-0.1, -0.05) is 0 Å². The number of aliphatic hydroxyl groups excluding tert-OH is 1. The standard InChI is InChI=1S/C12H23NO3/c1-10(15)5-3-4-6-13-7-11(2)16-12(8-13)9-14/h11-12,14H,3-9H2,1-2H3. The molecule has 1 aliphatic rings. The Morgan fingerprint density at radius 1 is 1.44 bits per heavy atom. The Bertz CT molecular complexity index is 220. The average molecular weight is 229 g/mol. The summed E-state index contributed by atoms with van der Waals surface area (Å²) in [6.45, 7) is 6.49. The van der Waals surface area contributed by atoms with E-state index < -0.39 is 0 Å². The molecule has 1 aliphatic heterocycles. The normalized spacial score (nSPS) is 26.9. The van der Waals surface area contributed by atoms with Crippen LogP contribution in [0.1, 0.15) is 33.1 Å². The summed E-state index contributed by atoms with van der Waals surface area (Å²) in [4.78, 5) is 13.1. The minimum Gasteiger partial charge on any atom is -0.394 e. The molecule has 94 valence electrons. The third kappa shape index (κ3) is 5.05. The van der Waals surface area contributed by atoms with Gasteiger partial charge in [0.25, 0.3) is 0 Å². The number of unbranched alkanes of at least 4 members (excludes halogenated alkanes) is 1. The smallest absolute Gasteiger partial charge is 0.129 e. The molecule has 2 atom stereocenters. The van der Waals surface area contributed by atoms with Crippen LogP contribution in [0, 0.1) is 0 Å². The van der Waals surface area contributed by atoms with Gasteiger partial charge in [0, 0.05) is 19.5 Å². The van der Waals surface area contributed by atoms with E-state index in [1.54, 1.807) is 6.92 Å². The van der Waals surface area contributed by atoms with E-state index in [0.717, 1.165) is 32.5 Å². The first kappa shape index (κ1) is 13.6. The fourth-order valence-electron chi connectivity index (χ4n) is 2.13. The van der Waals surface area contributed by atoms with Crippen molar-refractivity contribution in [2.75, 3.05) is 26.2 Å². The van der Waals surface area contributed by atoms with Gasteiger partial charge in [-0.05, 0) is 33.2 Å². The summed E-state index contributed by atoms with van der Waals surface area (Å²) in [7, 11) is 0. The van der Waals surface area contributed by atoms with Gasteiger partial charge in [0.15, 0.2) is 0 Å².